The number of hydrogen-bond acceptors (Lipinski definition) is 7. The van der Waals surface area contributed by atoms with Crippen molar-refractivity contribution in [3.8, 4) is 17.2 Å². The smallest absolute Gasteiger partial charge is 0.295 e. The van der Waals surface area contributed by atoms with Gasteiger partial charge in [0.1, 0.15) is 23.0 Å². The number of aliphatic hydroxyl groups excluding tert-OH is 1. The van der Waals surface area contributed by atoms with E-state index in [-0.39, 0.29) is 11.3 Å². The van der Waals surface area contributed by atoms with Crippen LogP contribution in [0.5, 0.6) is 17.2 Å². The summed E-state index contributed by atoms with van der Waals surface area (Å²) in [5, 5.41) is 11.3. The van der Waals surface area contributed by atoms with E-state index in [0.717, 1.165) is 0 Å². The maximum absolute atomic E-state index is 13.2. The Bertz CT molecular complexity index is 1050. The summed E-state index contributed by atoms with van der Waals surface area (Å²) in [7, 11) is 8.27. The second-order valence-corrected chi connectivity index (χ2v) is 7.60. The van der Waals surface area contributed by atoms with Gasteiger partial charge in [-0.25, -0.2) is 0 Å². The number of Topliss-reactive ketones (excluding diaryl/α,β-unsaturated/α-hetero) is 1. The zero-order valence-corrected chi connectivity index (χ0v) is 18.9. The number of nitrogens with zero attached hydrogens (tertiary/aromatic N) is 2. The van der Waals surface area contributed by atoms with E-state index < -0.39 is 17.7 Å². The highest BCUT2D eigenvalue weighted by Crippen LogP contribution is 2.43. The molecule has 1 heterocycles. The van der Waals surface area contributed by atoms with Gasteiger partial charge >= 0.3 is 0 Å². The number of rotatable bonds is 8. The minimum absolute atomic E-state index is 0.0123. The number of likely N-dealkylation sites (tertiary alicyclic amines) is 1. The fraction of sp³-hybridized carbons (Fsp3) is 0.333. The SMILES string of the molecule is COc1ccc(/C(O)=C2\C(=O)C(=O)N(CCN(C)C)C2c2ccccc2OC)c(OC)c1. The Morgan fingerprint density at radius 3 is 2.31 bits per heavy atom. The number of hydrogen-bond donors (Lipinski definition) is 1. The van der Waals surface area contributed by atoms with Crippen LogP contribution in [-0.4, -0.2) is 75.1 Å². The molecule has 0 aliphatic carbocycles. The summed E-state index contributed by atoms with van der Waals surface area (Å²) in [4.78, 5) is 29.6. The van der Waals surface area contributed by atoms with Gasteiger partial charge in [0.15, 0.2) is 0 Å². The largest absolute Gasteiger partial charge is 0.507 e. The van der Waals surface area contributed by atoms with E-state index in [0.29, 0.717) is 41.5 Å². The summed E-state index contributed by atoms with van der Waals surface area (Å²) < 4.78 is 16.1. The number of ether oxygens (including phenoxy) is 3. The molecule has 1 fully saturated rings. The molecule has 2 aromatic carbocycles. The molecule has 1 aliphatic rings. The van der Waals surface area contributed by atoms with Crippen LogP contribution in [0, 0.1) is 0 Å². The molecule has 1 saturated heterocycles. The minimum Gasteiger partial charge on any atom is -0.507 e. The molecule has 170 valence electrons. The van der Waals surface area contributed by atoms with Gasteiger partial charge in [-0.1, -0.05) is 18.2 Å². The molecule has 8 heteroatoms. The van der Waals surface area contributed by atoms with E-state index in [1.54, 1.807) is 42.5 Å². The van der Waals surface area contributed by atoms with Crippen molar-refractivity contribution in [2.75, 3.05) is 48.5 Å². The molecule has 32 heavy (non-hydrogen) atoms. The van der Waals surface area contributed by atoms with Crippen molar-refractivity contribution in [2.24, 2.45) is 0 Å². The molecule has 3 rings (SSSR count). The number of methoxy groups -OCH3 is 3. The molecule has 0 spiro atoms. The molecule has 0 radical (unpaired) electrons. The van der Waals surface area contributed by atoms with Crippen LogP contribution in [0.2, 0.25) is 0 Å². The van der Waals surface area contributed by atoms with Gasteiger partial charge < -0.3 is 29.1 Å². The second kappa shape index (κ2) is 9.74. The van der Waals surface area contributed by atoms with Gasteiger partial charge in [-0.2, -0.15) is 0 Å². The first-order valence-corrected chi connectivity index (χ1v) is 10.1. The third-order valence-corrected chi connectivity index (χ3v) is 5.43. The van der Waals surface area contributed by atoms with E-state index in [1.165, 1.54) is 26.2 Å². The number of likely N-dealkylation sites (N-methyl/N-ethyl adjacent to an activating group) is 1. The maximum Gasteiger partial charge on any atom is 0.295 e. The molecule has 1 aliphatic heterocycles. The van der Waals surface area contributed by atoms with Crippen LogP contribution < -0.4 is 14.2 Å². The highest BCUT2D eigenvalue weighted by molar-refractivity contribution is 6.46. The number of amides is 1. The Hall–Kier alpha value is -3.52. The first-order valence-electron chi connectivity index (χ1n) is 10.1. The van der Waals surface area contributed by atoms with Gasteiger partial charge in [0.05, 0.1) is 38.5 Å². The predicted octanol–water partition coefficient (Wildman–Crippen LogP) is 2.70. The second-order valence-electron chi connectivity index (χ2n) is 7.60. The lowest BCUT2D eigenvalue weighted by molar-refractivity contribution is -0.140. The normalized spacial score (nSPS) is 17.7. The van der Waals surface area contributed by atoms with Gasteiger partial charge in [0, 0.05) is 24.7 Å². The van der Waals surface area contributed by atoms with E-state index in [9.17, 15) is 14.7 Å². The standard InChI is InChI=1S/C24H28N2O6/c1-25(2)12-13-26-21(16-8-6-7-9-18(16)31-4)20(23(28)24(26)29)22(27)17-11-10-15(30-3)14-19(17)32-5/h6-11,14,21,27H,12-13H2,1-5H3/b22-20+. The third-order valence-electron chi connectivity index (χ3n) is 5.43. The molecular formula is C24H28N2O6. The fourth-order valence-electron chi connectivity index (χ4n) is 3.77. The number of carbonyl (C=O) groups is 2. The van der Waals surface area contributed by atoms with Crippen LogP contribution >= 0.6 is 0 Å². The average molecular weight is 440 g/mol. The van der Waals surface area contributed by atoms with Gasteiger partial charge in [0.25, 0.3) is 11.7 Å². The maximum atomic E-state index is 13.2. The number of benzene rings is 2. The summed E-state index contributed by atoms with van der Waals surface area (Å²) in [6.45, 7) is 0.849. The molecule has 1 unspecified atom stereocenters. The van der Waals surface area contributed by atoms with Gasteiger partial charge in [-0.05, 0) is 32.3 Å². The van der Waals surface area contributed by atoms with E-state index in [4.69, 9.17) is 14.2 Å². The molecule has 2 aromatic rings. The number of para-hydroxylation sites is 1. The molecule has 0 saturated carbocycles. The summed E-state index contributed by atoms with van der Waals surface area (Å²) in [5.41, 5.74) is 0.891. The molecule has 1 amide bonds. The molecule has 1 N–H and O–H groups in total. The van der Waals surface area contributed by atoms with Crippen molar-refractivity contribution in [3.63, 3.8) is 0 Å². The predicted molar refractivity (Wildman–Crippen MR) is 120 cm³/mol. The highest BCUT2D eigenvalue weighted by Gasteiger charge is 2.47. The first-order chi connectivity index (χ1) is 15.3. The number of ketones is 1. The van der Waals surface area contributed by atoms with Crippen LogP contribution in [0.25, 0.3) is 5.76 Å². The average Bonchev–Trinajstić information content (AvgIpc) is 3.06. The Kier molecular flexibility index (Phi) is 7.05. The van der Waals surface area contributed by atoms with Crippen LogP contribution in [-0.2, 0) is 9.59 Å². The van der Waals surface area contributed by atoms with E-state index in [1.807, 2.05) is 19.0 Å². The van der Waals surface area contributed by atoms with Crippen LogP contribution in [0.1, 0.15) is 17.2 Å². The van der Waals surface area contributed by atoms with Crippen molar-refractivity contribution in [1.29, 1.82) is 0 Å². The monoisotopic (exact) mass is 440 g/mol. The summed E-state index contributed by atoms with van der Waals surface area (Å²) in [6.07, 6.45) is 0. The number of aliphatic hydroxyl groups is 1. The van der Waals surface area contributed by atoms with Crippen LogP contribution in [0.4, 0.5) is 0 Å². The quantitative estimate of drug-likeness (QED) is 0.384. The Morgan fingerprint density at radius 2 is 1.69 bits per heavy atom. The highest BCUT2D eigenvalue weighted by atomic mass is 16.5. The molecule has 8 nitrogen and oxygen atoms in total. The molecular weight excluding hydrogens is 412 g/mol. The van der Waals surface area contributed by atoms with Gasteiger partial charge in [-0.3, -0.25) is 9.59 Å². The van der Waals surface area contributed by atoms with Crippen molar-refractivity contribution in [2.45, 2.75) is 6.04 Å². The minimum atomic E-state index is -0.807. The Balaban J connectivity index is 2.23. The first kappa shape index (κ1) is 23.1. The fourth-order valence-corrected chi connectivity index (χ4v) is 3.77. The Morgan fingerprint density at radius 1 is 1.00 bits per heavy atom. The summed E-state index contributed by atoms with van der Waals surface area (Å²) in [6, 6.07) is 11.2. The van der Waals surface area contributed by atoms with Gasteiger partial charge in [0.2, 0.25) is 0 Å². The van der Waals surface area contributed by atoms with E-state index in [2.05, 4.69) is 0 Å². The molecule has 0 aromatic heterocycles. The zero-order chi connectivity index (χ0) is 23.4. The topological polar surface area (TPSA) is 88.5 Å². The lowest BCUT2D eigenvalue weighted by Gasteiger charge is -2.27. The molecule has 0 bridgehead atoms. The lowest BCUT2D eigenvalue weighted by atomic mass is 9.94. The van der Waals surface area contributed by atoms with Crippen molar-refractivity contribution < 1.29 is 28.9 Å². The molecule has 1 atom stereocenters. The van der Waals surface area contributed by atoms with Crippen molar-refractivity contribution in [1.82, 2.24) is 9.80 Å². The lowest BCUT2D eigenvalue weighted by Crippen LogP contribution is -2.35. The zero-order valence-electron chi connectivity index (χ0n) is 18.9. The summed E-state index contributed by atoms with van der Waals surface area (Å²) >= 11 is 0. The Labute approximate surface area is 187 Å². The van der Waals surface area contributed by atoms with Gasteiger partial charge in [-0.15, -0.1) is 0 Å². The third kappa shape index (κ3) is 4.27. The van der Waals surface area contributed by atoms with Crippen molar-refractivity contribution >= 4 is 17.4 Å². The number of carbonyl (C=O) groups excluding carboxylic acids is 2. The van der Waals surface area contributed by atoms with Crippen LogP contribution in [0.15, 0.2) is 48.0 Å². The van der Waals surface area contributed by atoms with Crippen LogP contribution in [0.3, 0.4) is 0 Å². The van der Waals surface area contributed by atoms with E-state index >= 15 is 0 Å². The van der Waals surface area contributed by atoms with Crippen molar-refractivity contribution in [3.05, 3.63) is 59.2 Å². The summed E-state index contributed by atoms with van der Waals surface area (Å²) in [5.74, 6) is -0.369.